The van der Waals surface area contributed by atoms with Gasteiger partial charge in [0.2, 0.25) is 0 Å². The van der Waals surface area contributed by atoms with E-state index in [-0.39, 0.29) is 24.0 Å². The molecule has 2 N–H and O–H groups in total. The van der Waals surface area contributed by atoms with E-state index in [9.17, 15) is 0 Å². The van der Waals surface area contributed by atoms with Gasteiger partial charge in [-0.25, -0.2) is 9.98 Å². The second-order valence-electron chi connectivity index (χ2n) is 5.67. The van der Waals surface area contributed by atoms with Crippen LogP contribution in [0, 0.1) is 0 Å². The molecule has 8 heteroatoms. The Labute approximate surface area is 172 Å². The summed E-state index contributed by atoms with van der Waals surface area (Å²) in [5.74, 6) is 1.64. The quantitative estimate of drug-likeness (QED) is 0.241. The molecule has 0 fully saturated rings. The summed E-state index contributed by atoms with van der Waals surface area (Å²) in [4.78, 5) is 8.71. The molecule has 0 saturated heterocycles. The molecule has 1 heterocycles. The topological polar surface area (TPSA) is 76.4 Å². The zero-order valence-corrected chi connectivity index (χ0v) is 17.8. The largest absolute Gasteiger partial charge is 0.377 e. The SMILES string of the molecule is CCNC(=NCc1ncnn1C)NCCCCOCc1ccccc1.I. The molecule has 26 heavy (non-hydrogen) atoms. The lowest BCUT2D eigenvalue weighted by molar-refractivity contribution is 0.117. The number of hydrogen-bond acceptors (Lipinski definition) is 4. The average molecular weight is 472 g/mol. The number of nitrogens with zero attached hydrogens (tertiary/aromatic N) is 4. The third kappa shape index (κ3) is 8.61. The molecule has 2 aromatic rings. The molecule has 0 atom stereocenters. The van der Waals surface area contributed by atoms with Gasteiger partial charge in [0.15, 0.2) is 5.96 Å². The second-order valence-corrected chi connectivity index (χ2v) is 5.67. The minimum absolute atomic E-state index is 0. The van der Waals surface area contributed by atoms with Gasteiger partial charge in [-0.3, -0.25) is 4.68 Å². The summed E-state index contributed by atoms with van der Waals surface area (Å²) in [6, 6.07) is 10.2. The van der Waals surface area contributed by atoms with Gasteiger partial charge in [0.1, 0.15) is 18.7 Å². The highest BCUT2D eigenvalue weighted by molar-refractivity contribution is 14.0. The fourth-order valence-electron chi connectivity index (χ4n) is 2.25. The van der Waals surface area contributed by atoms with Gasteiger partial charge in [-0.1, -0.05) is 30.3 Å². The van der Waals surface area contributed by atoms with Crippen molar-refractivity contribution in [2.75, 3.05) is 19.7 Å². The third-order valence-corrected chi connectivity index (χ3v) is 3.65. The van der Waals surface area contributed by atoms with Gasteiger partial charge in [0.25, 0.3) is 0 Å². The van der Waals surface area contributed by atoms with Crippen LogP contribution in [-0.2, 0) is 24.9 Å². The number of unbranched alkanes of at least 4 members (excludes halogenated alkanes) is 1. The molecule has 0 aliphatic carbocycles. The molecule has 0 saturated carbocycles. The lowest BCUT2D eigenvalue weighted by Crippen LogP contribution is -2.37. The van der Waals surface area contributed by atoms with Crippen molar-refractivity contribution in [3.8, 4) is 0 Å². The Morgan fingerprint density at radius 1 is 1.19 bits per heavy atom. The maximum Gasteiger partial charge on any atom is 0.191 e. The summed E-state index contributed by atoms with van der Waals surface area (Å²) in [5, 5.41) is 10.6. The lowest BCUT2D eigenvalue weighted by Gasteiger charge is -2.11. The minimum Gasteiger partial charge on any atom is -0.377 e. The molecular formula is C18H29IN6O. The first-order chi connectivity index (χ1) is 12.3. The summed E-state index contributed by atoms with van der Waals surface area (Å²) in [5.41, 5.74) is 1.21. The Hall–Kier alpha value is -1.68. The van der Waals surface area contributed by atoms with Crippen molar-refractivity contribution >= 4 is 29.9 Å². The zero-order chi connectivity index (χ0) is 17.7. The second kappa shape index (κ2) is 13.5. The van der Waals surface area contributed by atoms with E-state index in [0.717, 1.165) is 44.3 Å². The molecule has 0 bridgehead atoms. The third-order valence-electron chi connectivity index (χ3n) is 3.65. The highest BCUT2D eigenvalue weighted by Gasteiger charge is 2.01. The van der Waals surface area contributed by atoms with Crippen LogP contribution in [0.1, 0.15) is 31.2 Å². The number of halogens is 1. The molecule has 0 aliphatic heterocycles. The zero-order valence-electron chi connectivity index (χ0n) is 15.5. The van der Waals surface area contributed by atoms with Crippen LogP contribution >= 0.6 is 24.0 Å². The molecule has 1 aromatic carbocycles. The summed E-state index contributed by atoms with van der Waals surface area (Å²) >= 11 is 0. The number of nitrogens with one attached hydrogen (secondary N) is 2. The van der Waals surface area contributed by atoms with Crippen molar-refractivity contribution in [3.05, 3.63) is 48.0 Å². The summed E-state index contributed by atoms with van der Waals surface area (Å²) < 4.78 is 7.43. The molecular weight excluding hydrogens is 443 g/mol. The maximum atomic E-state index is 5.69. The lowest BCUT2D eigenvalue weighted by atomic mass is 10.2. The van der Waals surface area contributed by atoms with Crippen LogP contribution in [0.4, 0.5) is 0 Å². The average Bonchev–Trinajstić information content (AvgIpc) is 3.04. The molecule has 0 spiro atoms. The number of ether oxygens (including phenoxy) is 1. The molecule has 0 unspecified atom stereocenters. The predicted molar refractivity (Wildman–Crippen MR) is 115 cm³/mol. The van der Waals surface area contributed by atoms with Crippen LogP contribution in [0.3, 0.4) is 0 Å². The van der Waals surface area contributed by atoms with E-state index in [0.29, 0.717) is 13.2 Å². The van der Waals surface area contributed by atoms with Crippen LogP contribution in [0.5, 0.6) is 0 Å². The first-order valence-corrected chi connectivity index (χ1v) is 8.76. The Balaban J connectivity index is 0.00000338. The van der Waals surface area contributed by atoms with E-state index in [1.807, 2.05) is 25.2 Å². The normalized spacial score (nSPS) is 11.1. The summed E-state index contributed by atoms with van der Waals surface area (Å²) in [6.07, 6.45) is 3.59. The minimum atomic E-state index is 0. The van der Waals surface area contributed by atoms with Crippen molar-refractivity contribution < 1.29 is 4.74 Å². The monoisotopic (exact) mass is 472 g/mol. The van der Waals surface area contributed by atoms with Crippen molar-refractivity contribution in [1.29, 1.82) is 0 Å². The van der Waals surface area contributed by atoms with Crippen molar-refractivity contribution in [3.63, 3.8) is 0 Å². The van der Waals surface area contributed by atoms with E-state index in [2.05, 4.69) is 44.8 Å². The van der Waals surface area contributed by atoms with Crippen LogP contribution in [-0.4, -0.2) is 40.4 Å². The van der Waals surface area contributed by atoms with E-state index in [1.54, 1.807) is 11.0 Å². The van der Waals surface area contributed by atoms with E-state index in [1.165, 1.54) is 5.56 Å². The van der Waals surface area contributed by atoms with Gasteiger partial charge in [0, 0.05) is 26.7 Å². The van der Waals surface area contributed by atoms with Crippen LogP contribution in [0.2, 0.25) is 0 Å². The van der Waals surface area contributed by atoms with Gasteiger partial charge in [-0.2, -0.15) is 5.10 Å². The highest BCUT2D eigenvalue weighted by Crippen LogP contribution is 2.01. The molecule has 144 valence electrons. The van der Waals surface area contributed by atoms with Gasteiger partial charge in [-0.05, 0) is 25.3 Å². The molecule has 0 radical (unpaired) electrons. The molecule has 2 rings (SSSR count). The number of aromatic nitrogens is 3. The smallest absolute Gasteiger partial charge is 0.191 e. The van der Waals surface area contributed by atoms with Crippen LogP contribution in [0.15, 0.2) is 41.7 Å². The Morgan fingerprint density at radius 3 is 2.69 bits per heavy atom. The van der Waals surface area contributed by atoms with Gasteiger partial charge < -0.3 is 15.4 Å². The van der Waals surface area contributed by atoms with Crippen molar-refractivity contribution in [1.82, 2.24) is 25.4 Å². The number of benzene rings is 1. The van der Waals surface area contributed by atoms with Gasteiger partial charge >= 0.3 is 0 Å². The molecule has 1 aromatic heterocycles. The fraction of sp³-hybridized carbons (Fsp3) is 0.500. The first kappa shape index (κ1) is 22.4. The number of aryl methyl sites for hydroxylation is 1. The van der Waals surface area contributed by atoms with E-state index < -0.39 is 0 Å². The van der Waals surface area contributed by atoms with Crippen molar-refractivity contribution in [2.24, 2.45) is 12.0 Å². The highest BCUT2D eigenvalue weighted by atomic mass is 127. The fourth-order valence-corrected chi connectivity index (χ4v) is 2.25. The molecule has 0 amide bonds. The van der Waals surface area contributed by atoms with Gasteiger partial charge in [0.05, 0.1) is 6.61 Å². The Morgan fingerprint density at radius 2 is 2.00 bits per heavy atom. The van der Waals surface area contributed by atoms with Crippen LogP contribution in [0.25, 0.3) is 0 Å². The number of hydrogen-bond donors (Lipinski definition) is 2. The molecule has 7 nitrogen and oxygen atoms in total. The molecule has 0 aliphatic rings. The first-order valence-electron chi connectivity index (χ1n) is 8.76. The summed E-state index contributed by atoms with van der Waals surface area (Å²) in [6.45, 7) is 5.69. The van der Waals surface area contributed by atoms with Gasteiger partial charge in [-0.15, -0.1) is 24.0 Å². The maximum absolute atomic E-state index is 5.69. The van der Waals surface area contributed by atoms with E-state index >= 15 is 0 Å². The number of guanidine groups is 1. The van der Waals surface area contributed by atoms with Crippen molar-refractivity contribution in [2.45, 2.75) is 32.9 Å². The Kier molecular flexibility index (Phi) is 11.6. The number of rotatable bonds is 10. The van der Waals surface area contributed by atoms with E-state index in [4.69, 9.17) is 4.74 Å². The Bertz CT molecular complexity index is 632. The standard InChI is InChI=1S/C18H28N6O.HI/c1-3-19-18(21-13-17-22-15-23-24(17)2)20-11-7-8-12-25-14-16-9-5-4-6-10-16;/h4-6,9-10,15H,3,7-8,11-14H2,1-2H3,(H2,19,20,21);1H. The van der Waals surface area contributed by atoms with Crippen LogP contribution < -0.4 is 10.6 Å². The number of aliphatic imine (C=N–C) groups is 1. The summed E-state index contributed by atoms with van der Waals surface area (Å²) in [7, 11) is 1.87. The predicted octanol–water partition coefficient (Wildman–Crippen LogP) is 2.49.